The second kappa shape index (κ2) is 7.11. The van der Waals surface area contributed by atoms with E-state index < -0.39 is 11.9 Å². The molecule has 0 radical (unpaired) electrons. The maximum absolute atomic E-state index is 12.2. The van der Waals surface area contributed by atoms with E-state index in [1.54, 1.807) is 17.9 Å². The number of carbonyl (C=O) groups excluding carboxylic acids is 2. The monoisotopic (exact) mass is 330 g/mol. The standard InChI is InChI=1S/C14H16Cl2N2O3/c1-9(14(20)18-4-6-21-7-5-18)17-13(19)11-3-2-10(15)8-12(11)16/h2-3,8-9H,4-7H2,1H3,(H,17,19)/t9-/m1/s1. The van der Waals surface area contributed by atoms with E-state index in [1.165, 1.54) is 12.1 Å². The molecule has 1 aliphatic rings. The van der Waals surface area contributed by atoms with E-state index in [1.807, 2.05) is 0 Å². The average Bonchev–Trinajstić information content (AvgIpc) is 2.47. The Bertz CT molecular complexity index is 545. The van der Waals surface area contributed by atoms with Crippen molar-refractivity contribution < 1.29 is 14.3 Å². The van der Waals surface area contributed by atoms with Crippen LogP contribution in [0.25, 0.3) is 0 Å². The van der Waals surface area contributed by atoms with E-state index >= 15 is 0 Å². The molecule has 1 aromatic rings. The van der Waals surface area contributed by atoms with Crippen LogP contribution in [-0.4, -0.2) is 49.1 Å². The van der Waals surface area contributed by atoms with Crippen LogP contribution in [0.4, 0.5) is 0 Å². The zero-order valence-corrected chi connectivity index (χ0v) is 13.1. The summed E-state index contributed by atoms with van der Waals surface area (Å²) in [6.45, 7) is 3.78. The molecule has 0 bridgehead atoms. The molecule has 1 N–H and O–H groups in total. The first-order chi connectivity index (χ1) is 9.99. The number of carbonyl (C=O) groups is 2. The zero-order chi connectivity index (χ0) is 15.4. The lowest BCUT2D eigenvalue weighted by atomic mass is 10.2. The lowest BCUT2D eigenvalue weighted by Gasteiger charge is -2.29. The molecule has 7 heteroatoms. The second-order valence-corrected chi connectivity index (χ2v) is 5.60. The molecule has 0 spiro atoms. The van der Waals surface area contributed by atoms with Gasteiger partial charge in [0.2, 0.25) is 5.91 Å². The third kappa shape index (κ3) is 4.09. The third-order valence-electron chi connectivity index (χ3n) is 3.22. The van der Waals surface area contributed by atoms with Crippen LogP contribution in [0.15, 0.2) is 18.2 Å². The van der Waals surface area contributed by atoms with E-state index in [4.69, 9.17) is 27.9 Å². The Balaban J connectivity index is 1.99. The van der Waals surface area contributed by atoms with Gasteiger partial charge in [0.15, 0.2) is 0 Å². The first-order valence-corrected chi connectivity index (χ1v) is 7.37. The molecule has 0 aliphatic carbocycles. The summed E-state index contributed by atoms with van der Waals surface area (Å²) in [5, 5.41) is 3.36. The molecule has 21 heavy (non-hydrogen) atoms. The molecular weight excluding hydrogens is 315 g/mol. The van der Waals surface area contributed by atoms with Gasteiger partial charge in [-0.1, -0.05) is 23.2 Å². The fourth-order valence-corrected chi connectivity index (χ4v) is 2.56. The molecule has 114 valence electrons. The molecule has 0 unspecified atom stereocenters. The van der Waals surface area contributed by atoms with Crippen molar-refractivity contribution in [1.82, 2.24) is 10.2 Å². The fourth-order valence-electron chi connectivity index (χ4n) is 2.07. The van der Waals surface area contributed by atoms with Crippen LogP contribution in [0.5, 0.6) is 0 Å². The molecule has 1 saturated heterocycles. The van der Waals surface area contributed by atoms with Gasteiger partial charge in [-0.15, -0.1) is 0 Å². The number of benzene rings is 1. The van der Waals surface area contributed by atoms with E-state index in [0.29, 0.717) is 36.9 Å². The van der Waals surface area contributed by atoms with Crippen LogP contribution in [0, 0.1) is 0 Å². The Kier molecular flexibility index (Phi) is 5.45. The minimum atomic E-state index is -0.623. The van der Waals surface area contributed by atoms with Crippen LogP contribution < -0.4 is 5.32 Å². The third-order valence-corrected chi connectivity index (χ3v) is 3.76. The highest BCUT2D eigenvalue weighted by Gasteiger charge is 2.24. The van der Waals surface area contributed by atoms with E-state index in [2.05, 4.69) is 5.32 Å². The molecule has 2 rings (SSSR count). The molecule has 1 aromatic carbocycles. The minimum Gasteiger partial charge on any atom is -0.378 e. The van der Waals surface area contributed by atoms with E-state index in [-0.39, 0.29) is 10.9 Å². The van der Waals surface area contributed by atoms with E-state index in [0.717, 1.165) is 0 Å². The number of ether oxygens (including phenoxy) is 1. The summed E-state index contributed by atoms with van der Waals surface area (Å²) in [7, 11) is 0. The maximum Gasteiger partial charge on any atom is 0.253 e. The van der Waals surface area contributed by atoms with Gasteiger partial charge in [0.1, 0.15) is 6.04 Å². The molecule has 1 heterocycles. The number of morpholine rings is 1. The Morgan fingerprint density at radius 3 is 2.57 bits per heavy atom. The number of nitrogens with zero attached hydrogens (tertiary/aromatic N) is 1. The largest absolute Gasteiger partial charge is 0.378 e. The van der Waals surface area contributed by atoms with Crippen LogP contribution in [-0.2, 0) is 9.53 Å². The Morgan fingerprint density at radius 2 is 1.95 bits per heavy atom. The fraction of sp³-hybridized carbons (Fsp3) is 0.429. The Hall–Kier alpha value is -1.30. The normalized spacial score (nSPS) is 16.4. The lowest BCUT2D eigenvalue weighted by Crippen LogP contribution is -2.50. The summed E-state index contributed by atoms with van der Waals surface area (Å²) in [4.78, 5) is 26.0. The van der Waals surface area contributed by atoms with Crippen LogP contribution in [0.1, 0.15) is 17.3 Å². The Labute approximate surface area is 133 Å². The number of nitrogens with one attached hydrogen (secondary N) is 1. The highest BCUT2D eigenvalue weighted by Crippen LogP contribution is 2.21. The van der Waals surface area contributed by atoms with Crippen LogP contribution in [0.3, 0.4) is 0 Å². The topological polar surface area (TPSA) is 58.6 Å². The molecule has 5 nitrogen and oxygen atoms in total. The number of halogens is 2. The summed E-state index contributed by atoms with van der Waals surface area (Å²) in [5.41, 5.74) is 0.294. The van der Waals surface area contributed by atoms with Gasteiger partial charge in [-0.3, -0.25) is 9.59 Å². The first-order valence-electron chi connectivity index (χ1n) is 6.61. The number of amides is 2. The van der Waals surface area contributed by atoms with E-state index in [9.17, 15) is 9.59 Å². The van der Waals surface area contributed by atoms with Gasteiger partial charge >= 0.3 is 0 Å². The molecule has 2 amide bonds. The second-order valence-electron chi connectivity index (χ2n) is 4.76. The predicted octanol–water partition coefficient (Wildman–Crippen LogP) is 1.97. The number of hydrogen-bond acceptors (Lipinski definition) is 3. The van der Waals surface area contributed by atoms with Crippen LogP contribution >= 0.6 is 23.2 Å². The molecule has 1 aliphatic heterocycles. The summed E-state index contributed by atoms with van der Waals surface area (Å²) >= 11 is 11.8. The summed E-state index contributed by atoms with van der Waals surface area (Å²) in [6, 6.07) is 3.98. The number of rotatable bonds is 3. The molecular formula is C14H16Cl2N2O3. The zero-order valence-electron chi connectivity index (χ0n) is 11.6. The van der Waals surface area contributed by atoms with Crippen molar-refractivity contribution in [3.05, 3.63) is 33.8 Å². The minimum absolute atomic E-state index is 0.128. The van der Waals surface area contributed by atoms with Gasteiger partial charge in [-0.2, -0.15) is 0 Å². The predicted molar refractivity (Wildman–Crippen MR) is 80.8 cm³/mol. The first kappa shape index (κ1) is 16.1. The van der Waals surface area contributed by atoms with Crippen molar-refractivity contribution in [1.29, 1.82) is 0 Å². The quantitative estimate of drug-likeness (QED) is 0.921. The van der Waals surface area contributed by atoms with Crippen LogP contribution in [0.2, 0.25) is 10.0 Å². The SMILES string of the molecule is C[C@@H](NC(=O)c1ccc(Cl)cc1Cl)C(=O)N1CCOCC1. The summed E-state index contributed by atoms with van der Waals surface area (Å²) in [5.74, 6) is -0.525. The van der Waals surface area contributed by atoms with Gasteiger partial charge in [0.25, 0.3) is 5.91 Å². The van der Waals surface area contributed by atoms with Gasteiger partial charge < -0.3 is 15.0 Å². The maximum atomic E-state index is 12.2. The van der Waals surface area contributed by atoms with Gasteiger partial charge in [0, 0.05) is 18.1 Å². The average molecular weight is 331 g/mol. The summed E-state index contributed by atoms with van der Waals surface area (Å²) < 4.78 is 5.20. The van der Waals surface area contributed by atoms with Crippen molar-refractivity contribution in [2.45, 2.75) is 13.0 Å². The molecule has 1 fully saturated rings. The van der Waals surface area contributed by atoms with Crippen molar-refractivity contribution in [3.8, 4) is 0 Å². The lowest BCUT2D eigenvalue weighted by molar-refractivity contribution is -0.136. The highest BCUT2D eigenvalue weighted by atomic mass is 35.5. The van der Waals surface area contributed by atoms with Gasteiger partial charge in [0.05, 0.1) is 23.8 Å². The highest BCUT2D eigenvalue weighted by molar-refractivity contribution is 6.36. The van der Waals surface area contributed by atoms with Crippen molar-refractivity contribution in [3.63, 3.8) is 0 Å². The van der Waals surface area contributed by atoms with Gasteiger partial charge in [-0.25, -0.2) is 0 Å². The molecule has 1 atom stereocenters. The summed E-state index contributed by atoms with van der Waals surface area (Å²) in [6.07, 6.45) is 0. The number of hydrogen-bond donors (Lipinski definition) is 1. The molecule has 0 aromatic heterocycles. The van der Waals surface area contributed by atoms with Crippen molar-refractivity contribution in [2.24, 2.45) is 0 Å². The smallest absolute Gasteiger partial charge is 0.253 e. The van der Waals surface area contributed by atoms with Crippen molar-refractivity contribution in [2.75, 3.05) is 26.3 Å². The Morgan fingerprint density at radius 1 is 1.29 bits per heavy atom. The van der Waals surface area contributed by atoms with Gasteiger partial charge in [-0.05, 0) is 25.1 Å². The molecule has 0 saturated carbocycles. The van der Waals surface area contributed by atoms with Crippen molar-refractivity contribution >= 4 is 35.0 Å².